The van der Waals surface area contributed by atoms with Crippen molar-refractivity contribution in [2.45, 2.75) is 38.6 Å². The largest absolute Gasteiger partial charge is 0.306 e. The minimum atomic E-state index is 0.691. The van der Waals surface area contributed by atoms with Gasteiger partial charge in [0.2, 0.25) is 0 Å². The average Bonchev–Trinajstić information content (AvgIpc) is 3.35. The van der Waals surface area contributed by atoms with Crippen LogP contribution in [0.5, 0.6) is 0 Å². The van der Waals surface area contributed by atoms with E-state index in [2.05, 4.69) is 34.2 Å². The van der Waals surface area contributed by atoms with E-state index in [1.165, 1.54) is 25.9 Å². The summed E-state index contributed by atoms with van der Waals surface area (Å²) >= 11 is 0. The summed E-state index contributed by atoms with van der Waals surface area (Å²) in [5, 5.41) is 9.04. The van der Waals surface area contributed by atoms with E-state index in [9.17, 15) is 0 Å². The molecule has 7 nitrogen and oxygen atoms in total. The minimum Gasteiger partial charge on any atom is -0.306 e. The molecular weight excluding hydrogens is 338 g/mol. The second kappa shape index (κ2) is 8.43. The van der Waals surface area contributed by atoms with Crippen LogP contribution in [0.3, 0.4) is 0 Å². The lowest BCUT2D eigenvalue weighted by Crippen LogP contribution is -2.31. The molecule has 0 N–H and O–H groups in total. The maximum Gasteiger partial charge on any atom is 0.151 e. The van der Waals surface area contributed by atoms with Crippen LogP contribution in [0.4, 0.5) is 0 Å². The molecule has 0 unspecified atom stereocenters. The maximum atomic E-state index is 4.91. The number of para-hydroxylation sites is 1. The maximum absolute atomic E-state index is 4.91. The molecule has 142 valence electrons. The van der Waals surface area contributed by atoms with E-state index in [4.69, 9.17) is 10.1 Å². The molecule has 3 heterocycles. The van der Waals surface area contributed by atoms with Crippen molar-refractivity contribution in [2.24, 2.45) is 5.92 Å². The number of hydrogen-bond donors (Lipinski definition) is 0. The molecule has 1 aliphatic heterocycles. The van der Waals surface area contributed by atoms with Gasteiger partial charge in [-0.25, -0.2) is 14.6 Å². The van der Waals surface area contributed by atoms with Crippen molar-refractivity contribution in [1.82, 2.24) is 34.4 Å². The highest BCUT2D eigenvalue weighted by Crippen LogP contribution is 2.21. The van der Waals surface area contributed by atoms with Crippen molar-refractivity contribution < 1.29 is 0 Å². The number of nitrogens with zero attached hydrogens (tertiary/aromatic N) is 7. The van der Waals surface area contributed by atoms with Crippen LogP contribution in [0.2, 0.25) is 0 Å². The van der Waals surface area contributed by atoms with Crippen molar-refractivity contribution >= 4 is 0 Å². The molecule has 7 heteroatoms. The number of aromatic nitrogens is 6. The highest BCUT2D eigenvalue weighted by atomic mass is 15.4. The van der Waals surface area contributed by atoms with E-state index in [0.717, 1.165) is 43.1 Å². The molecule has 4 rings (SSSR count). The van der Waals surface area contributed by atoms with Gasteiger partial charge in [0, 0.05) is 19.4 Å². The van der Waals surface area contributed by atoms with E-state index in [1.807, 2.05) is 27.6 Å². The standard InChI is InChI=1S/C20H27N7/c1-25-12-9-17(10-13-25)14-19-23-20(8-5-11-26-16-21-15-22-26)27(24-19)18-6-3-2-4-7-18/h2-4,6-7,15-17H,5,8-14H2,1H3. The number of hydrogen-bond acceptors (Lipinski definition) is 5. The molecule has 1 fully saturated rings. The molecule has 0 spiro atoms. The zero-order valence-electron chi connectivity index (χ0n) is 15.9. The monoisotopic (exact) mass is 365 g/mol. The summed E-state index contributed by atoms with van der Waals surface area (Å²) in [6, 6.07) is 10.3. The summed E-state index contributed by atoms with van der Waals surface area (Å²) in [7, 11) is 2.20. The fourth-order valence-corrected chi connectivity index (χ4v) is 3.69. The lowest BCUT2D eigenvalue weighted by molar-refractivity contribution is 0.217. The summed E-state index contributed by atoms with van der Waals surface area (Å²) in [6.07, 6.45) is 8.61. The molecule has 1 saturated heterocycles. The Hall–Kier alpha value is -2.54. The minimum absolute atomic E-state index is 0.691. The third-order valence-electron chi connectivity index (χ3n) is 5.28. The Morgan fingerprint density at radius 1 is 1.11 bits per heavy atom. The van der Waals surface area contributed by atoms with Gasteiger partial charge in [0.05, 0.1) is 5.69 Å². The molecular formula is C20H27N7. The van der Waals surface area contributed by atoms with Crippen molar-refractivity contribution in [3.8, 4) is 5.69 Å². The zero-order valence-corrected chi connectivity index (χ0v) is 15.9. The summed E-state index contributed by atoms with van der Waals surface area (Å²) in [5.41, 5.74) is 1.08. The van der Waals surface area contributed by atoms with Gasteiger partial charge in [-0.05, 0) is 57.5 Å². The third kappa shape index (κ3) is 4.60. The average molecular weight is 365 g/mol. The summed E-state index contributed by atoms with van der Waals surface area (Å²) < 4.78 is 3.88. The molecule has 0 amide bonds. The Morgan fingerprint density at radius 2 is 1.93 bits per heavy atom. The summed E-state index contributed by atoms with van der Waals surface area (Å²) in [4.78, 5) is 11.3. The molecule has 1 aromatic carbocycles. The highest BCUT2D eigenvalue weighted by molar-refractivity contribution is 5.31. The topological polar surface area (TPSA) is 64.7 Å². The van der Waals surface area contributed by atoms with Crippen molar-refractivity contribution in [1.29, 1.82) is 0 Å². The van der Waals surface area contributed by atoms with Crippen molar-refractivity contribution in [3.63, 3.8) is 0 Å². The molecule has 27 heavy (non-hydrogen) atoms. The first-order valence-corrected chi connectivity index (χ1v) is 9.79. The van der Waals surface area contributed by atoms with E-state index >= 15 is 0 Å². The fourth-order valence-electron chi connectivity index (χ4n) is 3.69. The fraction of sp³-hybridized carbons (Fsp3) is 0.500. The van der Waals surface area contributed by atoms with Gasteiger partial charge >= 0.3 is 0 Å². The number of piperidine rings is 1. The van der Waals surface area contributed by atoms with Gasteiger partial charge in [0.1, 0.15) is 18.5 Å². The van der Waals surface area contributed by atoms with E-state index < -0.39 is 0 Å². The van der Waals surface area contributed by atoms with E-state index in [1.54, 1.807) is 12.7 Å². The highest BCUT2D eigenvalue weighted by Gasteiger charge is 2.20. The smallest absolute Gasteiger partial charge is 0.151 e. The van der Waals surface area contributed by atoms with Gasteiger partial charge in [0.15, 0.2) is 5.82 Å². The second-order valence-electron chi connectivity index (χ2n) is 7.40. The molecule has 0 bridgehead atoms. The summed E-state index contributed by atoms with van der Waals surface area (Å²) in [6.45, 7) is 3.19. The van der Waals surface area contributed by atoms with Crippen molar-refractivity contribution in [2.75, 3.05) is 20.1 Å². The number of benzene rings is 1. The van der Waals surface area contributed by atoms with Crippen LogP contribution in [-0.4, -0.2) is 54.6 Å². The quantitative estimate of drug-likeness (QED) is 0.643. The Kier molecular flexibility index (Phi) is 5.58. The van der Waals surface area contributed by atoms with Crippen LogP contribution in [0, 0.1) is 5.92 Å². The second-order valence-corrected chi connectivity index (χ2v) is 7.40. The van der Waals surface area contributed by atoms with E-state index in [-0.39, 0.29) is 0 Å². The normalized spacial score (nSPS) is 16.0. The molecule has 0 aliphatic carbocycles. The Labute approximate surface area is 160 Å². The Balaban J connectivity index is 1.48. The predicted octanol–water partition coefficient (Wildman–Crippen LogP) is 2.38. The van der Waals surface area contributed by atoms with Gasteiger partial charge in [-0.1, -0.05) is 18.2 Å². The molecule has 0 radical (unpaired) electrons. The first kappa shape index (κ1) is 17.9. The van der Waals surface area contributed by atoms with Gasteiger partial charge in [0.25, 0.3) is 0 Å². The SMILES string of the molecule is CN1CCC(Cc2nc(CCCn3cncn3)n(-c3ccccc3)n2)CC1. The first-order valence-electron chi connectivity index (χ1n) is 9.79. The predicted molar refractivity (Wildman–Crippen MR) is 104 cm³/mol. The molecule has 1 aliphatic rings. The lowest BCUT2D eigenvalue weighted by Gasteiger charge is -2.28. The van der Waals surface area contributed by atoms with Gasteiger partial charge in [-0.15, -0.1) is 0 Å². The first-order chi connectivity index (χ1) is 13.3. The van der Waals surface area contributed by atoms with Crippen LogP contribution in [0.15, 0.2) is 43.0 Å². The van der Waals surface area contributed by atoms with Gasteiger partial charge in [-0.2, -0.15) is 10.2 Å². The van der Waals surface area contributed by atoms with Crippen LogP contribution in [0.1, 0.15) is 30.9 Å². The molecule has 3 aromatic rings. The van der Waals surface area contributed by atoms with Crippen LogP contribution in [0.25, 0.3) is 5.69 Å². The third-order valence-corrected chi connectivity index (χ3v) is 5.28. The molecule has 2 aromatic heterocycles. The van der Waals surface area contributed by atoms with Crippen LogP contribution < -0.4 is 0 Å². The van der Waals surface area contributed by atoms with Gasteiger partial charge in [-0.3, -0.25) is 4.68 Å². The van der Waals surface area contributed by atoms with Crippen LogP contribution >= 0.6 is 0 Å². The zero-order chi connectivity index (χ0) is 18.5. The Morgan fingerprint density at radius 3 is 2.67 bits per heavy atom. The Bertz CT molecular complexity index is 817. The summed E-state index contributed by atoms with van der Waals surface area (Å²) in [5.74, 6) is 2.70. The van der Waals surface area contributed by atoms with Crippen LogP contribution in [-0.2, 0) is 19.4 Å². The van der Waals surface area contributed by atoms with Gasteiger partial charge < -0.3 is 4.90 Å². The lowest BCUT2D eigenvalue weighted by atomic mass is 9.94. The molecule has 0 saturated carbocycles. The number of aryl methyl sites for hydroxylation is 2. The molecule has 0 atom stereocenters. The van der Waals surface area contributed by atoms with E-state index in [0.29, 0.717) is 5.92 Å². The van der Waals surface area contributed by atoms with Crippen molar-refractivity contribution in [3.05, 3.63) is 54.6 Å². The number of rotatable bonds is 7. The number of likely N-dealkylation sites (tertiary alicyclic amines) is 1.